The van der Waals surface area contributed by atoms with E-state index in [9.17, 15) is 13.2 Å². The molecule has 10 heteroatoms. The minimum Gasteiger partial charge on any atom is -0.493 e. The van der Waals surface area contributed by atoms with E-state index in [1.807, 2.05) is 0 Å². The van der Waals surface area contributed by atoms with E-state index in [1.54, 1.807) is 45.2 Å². The van der Waals surface area contributed by atoms with Crippen LogP contribution in [0.3, 0.4) is 0 Å². The number of benzene rings is 2. The third-order valence-electron chi connectivity index (χ3n) is 4.55. The summed E-state index contributed by atoms with van der Waals surface area (Å²) in [5.41, 5.74) is 0.892. The van der Waals surface area contributed by atoms with Crippen molar-refractivity contribution in [1.82, 2.24) is 9.29 Å². The first kappa shape index (κ1) is 22.0. The maximum absolute atomic E-state index is 12.7. The van der Waals surface area contributed by atoms with Gasteiger partial charge in [-0.3, -0.25) is 10.1 Å². The van der Waals surface area contributed by atoms with E-state index in [1.165, 1.54) is 34.9 Å². The molecule has 0 unspecified atom stereocenters. The minimum absolute atomic E-state index is 0.0811. The highest BCUT2D eigenvalue weighted by atomic mass is 32.2. The molecule has 30 heavy (non-hydrogen) atoms. The first-order chi connectivity index (χ1) is 14.3. The van der Waals surface area contributed by atoms with Gasteiger partial charge in [0.2, 0.25) is 10.0 Å². The van der Waals surface area contributed by atoms with Crippen LogP contribution in [0.2, 0.25) is 0 Å². The highest BCUT2D eigenvalue weighted by Gasteiger charge is 2.23. The van der Waals surface area contributed by atoms with Crippen LogP contribution in [0.15, 0.2) is 41.3 Å². The van der Waals surface area contributed by atoms with Crippen molar-refractivity contribution in [2.24, 2.45) is 0 Å². The number of sulfonamides is 1. The van der Waals surface area contributed by atoms with Crippen LogP contribution in [0.5, 0.6) is 11.5 Å². The number of fused-ring (bicyclic) bond motifs is 1. The van der Waals surface area contributed by atoms with Gasteiger partial charge in [-0.2, -0.15) is 4.31 Å². The summed E-state index contributed by atoms with van der Waals surface area (Å²) in [4.78, 5) is 17.2. The van der Waals surface area contributed by atoms with E-state index in [2.05, 4.69) is 10.3 Å². The predicted octanol–water partition coefficient (Wildman–Crippen LogP) is 3.60. The van der Waals surface area contributed by atoms with E-state index in [4.69, 9.17) is 9.47 Å². The zero-order valence-electron chi connectivity index (χ0n) is 17.1. The van der Waals surface area contributed by atoms with Gasteiger partial charge in [0, 0.05) is 30.8 Å². The summed E-state index contributed by atoms with van der Waals surface area (Å²) in [6.07, 6.45) is 0. The monoisotopic (exact) mass is 449 g/mol. The summed E-state index contributed by atoms with van der Waals surface area (Å²) in [6.45, 7) is 4.26. The lowest BCUT2D eigenvalue weighted by molar-refractivity contribution is 0.102. The molecule has 0 saturated carbocycles. The fourth-order valence-electron chi connectivity index (χ4n) is 2.99. The zero-order valence-corrected chi connectivity index (χ0v) is 18.8. The molecule has 1 amide bonds. The molecule has 1 N–H and O–H groups in total. The van der Waals surface area contributed by atoms with E-state index in [-0.39, 0.29) is 10.5 Å². The normalized spacial score (nSPS) is 11.6. The van der Waals surface area contributed by atoms with E-state index >= 15 is 0 Å². The van der Waals surface area contributed by atoms with Crippen LogP contribution in [-0.2, 0) is 10.0 Å². The van der Waals surface area contributed by atoms with Crippen molar-refractivity contribution in [3.63, 3.8) is 0 Å². The summed E-state index contributed by atoms with van der Waals surface area (Å²) < 4.78 is 38.2. The highest BCUT2D eigenvalue weighted by molar-refractivity contribution is 7.89. The zero-order chi connectivity index (χ0) is 21.9. The number of hydrogen-bond donors (Lipinski definition) is 1. The Morgan fingerprint density at radius 1 is 1.10 bits per heavy atom. The molecule has 0 saturated heterocycles. The molecule has 0 bridgehead atoms. The number of amides is 1. The smallest absolute Gasteiger partial charge is 0.257 e. The summed E-state index contributed by atoms with van der Waals surface area (Å²) in [5.74, 6) is 0.674. The van der Waals surface area contributed by atoms with E-state index in [0.29, 0.717) is 35.2 Å². The van der Waals surface area contributed by atoms with Crippen LogP contribution in [-0.4, -0.2) is 50.9 Å². The molecule has 3 aromatic rings. The van der Waals surface area contributed by atoms with Crippen LogP contribution < -0.4 is 14.8 Å². The number of nitrogens with zero attached hydrogens (tertiary/aromatic N) is 2. The standard InChI is InChI=1S/C20H23N3O5S2/c1-5-23(6-2)30(25,26)14-9-7-8-13(10-14)19(24)22-20-21-15-11-16(27-3)17(28-4)12-18(15)29-20/h7-12H,5-6H2,1-4H3,(H,21,22,24). The van der Waals surface area contributed by atoms with Crippen LogP contribution in [0.25, 0.3) is 10.2 Å². The Balaban J connectivity index is 1.88. The van der Waals surface area contributed by atoms with Crippen LogP contribution in [0.1, 0.15) is 24.2 Å². The first-order valence-corrected chi connectivity index (χ1v) is 11.5. The van der Waals surface area contributed by atoms with Crippen molar-refractivity contribution in [3.05, 3.63) is 42.0 Å². The largest absolute Gasteiger partial charge is 0.493 e. The minimum atomic E-state index is -3.65. The number of nitrogens with one attached hydrogen (secondary N) is 1. The summed E-state index contributed by atoms with van der Waals surface area (Å²) in [7, 11) is -0.566. The molecule has 1 aromatic heterocycles. The molecule has 2 aromatic carbocycles. The maximum atomic E-state index is 12.7. The molecule has 0 spiro atoms. The Labute approximate surface area is 179 Å². The number of ether oxygens (including phenoxy) is 2. The molecule has 3 rings (SSSR count). The molecule has 1 heterocycles. The molecule has 0 fully saturated rings. The Bertz CT molecular complexity index is 1130. The number of methoxy groups -OCH3 is 2. The lowest BCUT2D eigenvalue weighted by Gasteiger charge is -2.18. The average Bonchev–Trinajstić information content (AvgIpc) is 3.14. The Morgan fingerprint density at radius 2 is 1.77 bits per heavy atom. The van der Waals surface area contributed by atoms with E-state index in [0.717, 1.165) is 4.70 Å². The molecule has 0 aliphatic rings. The van der Waals surface area contributed by atoms with Crippen molar-refractivity contribution in [1.29, 1.82) is 0 Å². The second kappa shape index (κ2) is 8.99. The number of rotatable bonds is 8. The lowest BCUT2D eigenvalue weighted by Crippen LogP contribution is -2.30. The van der Waals surface area contributed by atoms with Gasteiger partial charge in [0.15, 0.2) is 16.6 Å². The molecule has 0 aliphatic heterocycles. The molecule has 160 valence electrons. The lowest BCUT2D eigenvalue weighted by atomic mass is 10.2. The number of anilines is 1. The fraction of sp³-hybridized carbons (Fsp3) is 0.300. The number of aromatic nitrogens is 1. The Kier molecular flexibility index (Phi) is 6.59. The predicted molar refractivity (Wildman–Crippen MR) is 117 cm³/mol. The maximum Gasteiger partial charge on any atom is 0.257 e. The molecule has 0 atom stereocenters. The third-order valence-corrected chi connectivity index (χ3v) is 7.53. The van der Waals surface area contributed by atoms with Gasteiger partial charge < -0.3 is 9.47 Å². The van der Waals surface area contributed by atoms with Gasteiger partial charge >= 0.3 is 0 Å². The summed E-state index contributed by atoms with van der Waals surface area (Å²) in [5, 5.41) is 3.13. The van der Waals surface area contributed by atoms with Gasteiger partial charge in [-0.25, -0.2) is 13.4 Å². The van der Waals surface area contributed by atoms with Gasteiger partial charge in [-0.05, 0) is 18.2 Å². The van der Waals surface area contributed by atoms with Crippen molar-refractivity contribution in [2.75, 3.05) is 32.6 Å². The van der Waals surface area contributed by atoms with Crippen LogP contribution in [0, 0.1) is 0 Å². The number of carbonyl (C=O) groups is 1. The third kappa shape index (κ3) is 4.25. The number of carbonyl (C=O) groups excluding carboxylic acids is 1. The van der Waals surface area contributed by atoms with Gasteiger partial charge in [0.05, 0.1) is 29.3 Å². The SMILES string of the molecule is CCN(CC)S(=O)(=O)c1cccc(C(=O)Nc2nc3cc(OC)c(OC)cc3s2)c1. The average molecular weight is 450 g/mol. The molecular weight excluding hydrogens is 426 g/mol. The number of hydrogen-bond acceptors (Lipinski definition) is 7. The fourth-order valence-corrected chi connectivity index (χ4v) is 5.36. The van der Waals surface area contributed by atoms with E-state index < -0.39 is 15.9 Å². The second-order valence-corrected chi connectivity index (χ2v) is 9.23. The first-order valence-electron chi connectivity index (χ1n) is 9.28. The Hall–Kier alpha value is -2.69. The Morgan fingerprint density at radius 3 is 2.40 bits per heavy atom. The number of thiazole rings is 1. The van der Waals surface area contributed by atoms with Crippen molar-refractivity contribution >= 4 is 42.6 Å². The second-order valence-electron chi connectivity index (χ2n) is 6.27. The van der Waals surface area contributed by atoms with Gasteiger partial charge in [-0.1, -0.05) is 31.3 Å². The molecule has 0 aliphatic carbocycles. The highest BCUT2D eigenvalue weighted by Crippen LogP contribution is 2.36. The summed E-state index contributed by atoms with van der Waals surface area (Å²) >= 11 is 1.29. The van der Waals surface area contributed by atoms with Crippen molar-refractivity contribution in [2.45, 2.75) is 18.7 Å². The van der Waals surface area contributed by atoms with Crippen molar-refractivity contribution < 1.29 is 22.7 Å². The van der Waals surface area contributed by atoms with Crippen LogP contribution in [0.4, 0.5) is 5.13 Å². The molecular formula is C20H23N3O5S2. The summed E-state index contributed by atoms with van der Waals surface area (Å²) in [6, 6.07) is 9.51. The topological polar surface area (TPSA) is 97.8 Å². The van der Waals surface area contributed by atoms with Gasteiger partial charge in [0.25, 0.3) is 5.91 Å². The quantitative estimate of drug-likeness (QED) is 0.564. The van der Waals surface area contributed by atoms with Crippen molar-refractivity contribution in [3.8, 4) is 11.5 Å². The van der Waals surface area contributed by atoms with Gasteiger partial charge in [-0.15, -0.1) is 0 Å². The molecule has 0 radical (unpaired) electrons. The van der Waals surface area contributed by atoms with Gasteiger partial charge in [0.1, 0.15) is 0 Å². The van der Waals surface area contributed by atoms with Crippen LogP contribution >= 0.6 is 11.3 Å². The molecule has 8 nitrogen and oxygen atoms in total.